The predicted octanol–water partition coefficient (Wildman–Crippen LogP) is 1.40. The van der Waals surface area contributed by atoms with Gasteiger partial charge in [0.1, 0.15) is 11.9 Å². The molecule has 0 radical (unpaired) electrons. The highest BCUT2D eigenvalue weighted by molar-refractivity contribution is 5.76. The lowest BCUT2D eigenvalue weighted by Crippen LogP contribution is -2.27. The van der Waals surface area contributed by atoms with Crippen molar-refractivity contribution < 1.29 is 9.32 Å². The highest BCUT2D eigenvalue weighted by atomic mass is 16.5. The van der Waals surface area contributed by atoms with Crippen molar-refractivity contribution in [1.29, 1.82) is 0 Å². The summed E-state index contributed by atoms with van der Waals surface area (Å²) in [5, 5.41) is 6.66. The summed E-state index contributed by atoms with van der Waals surface area (Å²) in [5.74, 6) is 1.93. The quantitative estimate of drug-likeness (QED) is 0.862. The average Bonchev–Trinajstić information content (AvgIpc) is 3.05. The fourth-order valence-electron chi connectivity index (χ4n) is 1.82. The molecule has 2 rings (SSSR count). The Morgan fingerprint density at radius 3 is 2.95 bits per heavy atom. The summed E-state index contributed by atoms with van der Waals surface area (Å²) in [5.41, 5.74) is 0. The normalized spacial score (nSPS) is 12.3. The third-order valence-corrected chi connectivity index (χ3v) is 3.05. The molecule has 1 amide bonds. The molecule has 0 aromatic carbocycles. The van der Waals surface area contributed by atoms with E-state index in [1.807, 2.05) is 31.5 Å². The van der Waals surface area contributed by atoms with E-state index in [0.29, 0.717) is 31.1 Å². The minimum atomic E-state index is -0.279. The molecule has 1 N–H and O–H groups in total. The molecule has 0 spiro atoms. The van der Waals surface area contributed by atoms with Crippen LogP contribution < -0.4 is 5.32 Å². The van der Waals surface area contributed by atoms with E-state index < -0.39 is 0 Å². The van der Waals surface area contributed by atoms with Crippen molar-refractivity contribution >= 4 is 5.91 Å². The summed E-state index contributed by atoms with van der Waals surface area (Å²) >= 11 is 0. The lowest BCUT2D eigenvalue weighted by Gasteiger charge is -2.10. The van der Waals surface area contributed by atoms with Gasteiger partial charge in [-0.15, -0.1) is 0 Å². The largest absolute Gasteiger partial charge is 0.345 e. The Morgan fingerprint density at radius 2 is 2.35 bits per heavy atom. The van der Waals surface area contributed by atoms with E-state index in [4.69, 9.17) is 4.52 Å². The highest BCUT2D eigenvalue weighted by Crippen LogP contribution is 2.10. The molecule has 2 aromatic rings. The first-order valence-electron chi connectivity index (χ1n) is 6.69. The van der Waals surface area contributed by atoms with Crippen molar-refractivity contribution in [3.05, 3.63) is 29.9 Å². The molecule has 0 saturated heterocycles. The molecule has 2 aromatic heterocycles. The topological polar surface area (TPSA) is 85.8 Å². The van der Waals surface area contributed by atoms with Crippen LogP contribution in [0.25, 0.3) is 0 Å². The van der Waals surface area contributed by atoms with E-state index in [1.54, 1.807) is 6.20 Å². The first-order chi connectivity index (χ1) is 9.60. The summed E-state index contributed by atoms with van der Waals surface area (Å²) < 4.78 is 7.03. The van der Waals surface area contributed by atoms with Crippen LogP contribution in [0.4, 0.5) is 0 Å². The molecule has 0 aliphatic heterocycles. The Balaban J connectivity index is 1.83. The molecule has 7 heteroatoms. The second kappa shape index (κ2) is 6.31. The van der Waals surface area contributed by atoms with Crippen molar-refractivity contribution in [2.75, 3.05) is 0 Å². The Morgan fingerprint density at radius 1 is 1.55 bits per heavy atom. The minimum Gasteiger partial charge on any atom is -0.345 e. The van der Waals surface area contributed by atoms with Gasteiger partial charge in [-0.05, 0) is 13.8 Å². The maximum Gasteiger partial charge on any atom is 0.248 e. The molecule has 0 fully saturated rings. The number of nitrogens with one attached hydrogen (secondary N) is 1. The highest BCUT2D eigenvalue weighted by Gasteiger charge is 2.16. The number of hydrogen-bond donors (Lipinski definition) is 1. The number of rotatable bonds is 6. The van der Waals surface area contributed by atoms with Crippen molar-refractivity contribution in [1.82, 2.24) is 25.0 Å². The standard InChI is InChI=1S/C13H19N5O2/c1-4-11-16-13(20-17-11)9(2)15-12(19)5-7-18-8-6-14-10(18)3/h6,8-9H,4-5,7H2,1-3H3,(H,15,19)/t9-/m1/s1. The predicted molar refractivity (Wildman–Crippen MR) is 71.8 cm³/mol. The number of aryl methyl sites for hydroxylation is 3. The van der Waals surface area contributed by atoms with Gasteiger partial charge in [-0.25, -0.2) is 4.98 Å². The Bertz CT molecular complexity index is 575. The molecular weight excluding hydrogens is 258 g/mol. The smallest absolute Gasteiger partial charge is 0.248 e. The second-order valence-corrected chi connectivity index (χ2v) is 4.61. The van der Waals surface area contributed by atoms with Crippen LogP contribution in [-0.4, -0.2) is 25.6 Å². The Kier molecular flexibility index (Phi) is 4.49. The summed E-state index contributed by atoms with van der Waals surface area (Å²) in [6.45, 7) is 6.29. The lowest BCUT2D eigenvalue weighted by molar-refractivity contribution is -0.122. The van der Waals surface area contributed by atoms with Crippen LogP contribution in [0.5, 0.6) is 0 Å². The van der Waals surface area contributed by atoms with Gasteiger partial charge in [-0.3, -0.25) is 4.79 Å². The molecule has 0 unspecified atom stereocenters. The fraction of sp³-hybridized carbons (Fsp3) is 0.538. The summed E-state index contributed by atoms with van der Waals surface area (Å²) in [6, 6.07) is -0.279. The molecule has 20 heavy (non-hydrogen) atoms. The molecular formula is C13H19N5O2. The van der Waals surface area contributed by atoms with Gasteiger partial charge < -0.3 is 14.4 Å². The molecule has 0 aliphatic carbocycles. The van der Waals surface area contributed by atoms with E-state index >= 15 is 0 Å². The molecule has 2 heterocycles. The van der Waals surface area contributed by atoms with Crippen molar-refractivity contribution in [2.45, 2.75) is 46.2 Å². The lowest BCUT2D eigenvalue weighted by atomic mass is 10.3. The average molecular weight is 277 g/mol. The van der Waals surface area contributed by atoms with Crippen LogP contribution in [0.1, 0.15) is 43.8 Å². The number of nitrogens with zero attached hydrogens (tertiary/aromatic N) is 4. The summed E-state index contributed by atoms with van der Waals surface area (Å²) in [4.78, 5) is 20.2. The third-order valence-electron chi connectivity index (χ3n) is 3.05. The van der Waals surface area contributed by atoms with E-state index in [-0.39, 0.29) is 11.9 Å². The summed E-state index contributed by atoms with van der Waals surface area (Å²) in [7, 11) is 0. The number of aromatic nitrogens is 4. The molecule has 0 aliphatic rings. The first-order valence-corrected chi connectivity index (χ1v) is 6.69. The van der Waals surface area contributed by atoms with Crippen LogP contribution in [-0.2, 0) is 17.8 Å². The second-order valence-electron chi connectivity index (χ2n) is 4.61. The van der Waals surface area contributed by atoms with Crippen LogP contribution in [0, 0.1) is 6.92 Å². The number of carbonyl (C=O) groups excluding carboxylic acids is 1. The molecule has 108 valence electrons. The molecule has 0 saturated carbocycles. The van der Waals surface area contributed by atoms with Gasteiger partial charge >= 0.3 is 0 Å². The van der Waals surface area contributed by atoms with Gasteiger partial charge in [0.05, 0.1) is 0 Å². The van der Waals surface area contributed by atoms with Crippen molar-refractivity contribution in [2.24, 2.45) is 0 Å². The zero-order valence-electron chi connectivity index (χ0n) is 12.0. The van der Waals surface area contributed by atoms with Crippen molar-refractivity contribution in [3.8, 4) is 0 Å². The zero-order valence-corrected chi connectivity index (χ0v) is 12.0. The van der Waals surface area contributed by atoms with Gasteiger partial charge in [0.15, 0.2) is 5.82 Å². The third kappa shape index (κ3) is 3.43. The van der Waals surface area contributed by atoms with E-state index in [0.717, 1.165) is 5.82 Å². The maximum atomic E-state index is 11.9. The van der Waals surface area contributed by atoms with Gasteiger partial charge in [0.2, 0.25) is 11.8 Å². The van der Waals surface area contributed by atoms with Gasteiger partial charge in [-0.1, -0.05) is 12.1 Å². The molecule has 1 atom stereocenters. The number of imidazole rings is 1. The van der Waals surface area contributed by atoms with Crippen LogP contribution in [0.3, 0.4) is 0 Å². The van der Waals surface area contributed by atoms with Crippen LogP contribution >= 0.6 is 0 Å². The van der Waals surface area contributed by atoms with E-state index in [2.05, 4.69) is 20.4 Å². The fourth-order valence-corrected chi connectivity index (χ4v) is 1.82. The molecule has 7 nitrogen and oxygen atoms in total. The number of hydrogen-bond acceptors (Lipinski definition) is 5. The SMILES string of the molecule is CCc1noc([C@@H](C)NC(=O)CCn2ccnc2C)n1. The Labute approximate surface area is 117 Å². The monoisotopic (exact) mass is 277 g/mol. The number of carbonyl (C=O) groups is 1. The first kappa shape index (κ1) is 14.2. The van der Waals surface area contributed by atoms with Crippen molar-refractivity contribution in [3.63, 3.8) is 0 Å². The Hall–Kier alpha value is -2.18. The number of amides is 1. The molecule has 0 bridgehead atoms. The summed E-state index contributed by atoms with van der Waals surface area (Å²) in [6.07, 6.45) is 4.68. The maximum absolute atomic E-state index is 11.9. The van der Waals surface area contributed by atoms with E-state index in [1.165, 1.54) is 0 Å². The zero-order chi connectivity index (χ0) is 14.5. The minimum absolute atomic E-state index is 0.0538. The van der Waals surface area contributed by atoms with Crippen LogP contribution in [0.15, 0.2) is 16.9 Å². The van der Waals surface area contributed by atoms with Gasteiger partial charge in [0, 0.05) is 31.8 Å². The van der Waals surface area contributed by atoms with E-state index in [9.17, 15) is 4.79 Å². The van der Waals surface area contributed by atoms with Gasteiger partial charge in [-0.2, -0.15) is 4.98 Å². The van der Waals surface area contributed by atoms with Gasteiger partial charge in [0.25, 0.3) is 0 Å². The van der Waals surface area contributed by atoms with Crippen LogP contribution in [0.2, 0.25) is 0 Å².